The lowest BCUT2D eigenvalue weighted by atomic mass is 10.1. The smallest absolute Gasteiger partial charge is 0.137 e. The Morgan fingerprint density at radius 2 is 1.96 bits per heavy atom. The second-order valence-electron chi connectivity index (χ2n) is 6.87. The van der Waals surface area contributed by atoms with Gasteiger partial charge >= 0.3 is 0 Å². The SMILES string of the molecule is Cn1c(CNc2ccc(Cc3c[nH]c4ncccc34)cn2)nc2ccccc21. The average molecular weight is 368 g/mol. The molecule has 0 radical (unpaired) electrons. The number of H-pyrrole nitrogens is 1. The summed E-state index contributed by atoms with van der Waals surface area (Å²) in [7, 11) is 2.04. The first-order chi connectivity index (χ1) is 13.8. The Morgan fingerprint density at radius 1 is 1.04 bits per heavy atom. The fraction of sp³-hybridized carbons (Fsp3) is 0.136. The summed E-state index contributed by atoms with van der Waals surface area (Å²) in [5.74, 6) is 1.83. The first-order valence-electron chi connectivity index (χ1n) is 9.28. The lowest BCUT2D eigenvalue weighted by molar-refractivity contribution is 0.832. The normalized spacial score (nSPS) is 11.3. The van der Waals surface area contributed by atoms with Crippen molar-refractivity contribution in [2.24, 2.45) is 7.05 Å². The lowest BCUT2D eigenvalue weighted by Crippen LogP contribution is -2.07. The second kappa shape index (κ2) is 6.81. The second-order valence-corrected chi connectivity index (χ2v) is 6.87. The summed E-state index contributed by atoms with van der Waals surface area (Å²) < 4.78 is 2.11. The summed E-state index contributed by atoms with van der Waals surface area (Å²) in [5, 5.41) is 4.53. The van der Waals surface area contributed by atoms with Gasteiger partial charge in [0.15, 0.2) is 0 Å². The molecule has 0 spiro atoms. The van der Waals surface area contributed by atoms with E-state index in [9.17, 15) is 0 Å². The Kier molecular flexibility index (Phi) is 4.01. The summed E-state index contributed by atoms with van der Waals surface area (Å²) in [5.41, 5.74) is 5.46. The Labute approximate surface area is 162 Å². The molecule has 0 saturated carbocycles. The van der Waals surface area contributed by atoms with E-state index in [-0.39, 0.29) is 0 Å². The monoisotopic (exact) mass is 368 g/mol. The largest absolute Gasteiger partial charge is 0.363 e. The van der Waals surface area contributed by atoms with Crippen molar-refractivity contribution in [3.8, 4) is 0 Å². The van der Waals surface area contributed by atoms with Crippen LogP contribution in [0.3, 0.4) is 0 Å². The van der Waals surface area contributed by atoms with Crippen LogP contribution in [0.15, 0.2) is 67.1 Å². The lowest BCUT2D eigenvalue weighted by Gasteiger charge is -2.07. The predicted octanol–water partition coefficient (Wildman–Crippen LogP) is 4.05. The van der Waals surface area contributed by atoms with Crippen LogP contribution in [0.1, 0.15) is 17.0 Å². The summed E-state index contributed by atoms with van der Waals surface area (Å²) in [4.78, 5) is 16.8. The van der Waals surface area contributed by atoms with E-state index in [0.717, 1.165) is 45.7 Å². The highest BCUT2D eigenvalue weighted by Crippen LogP contribution is 2.20. The Balaban J connectivity index is 1.29. The molecule has 0 atom stereocenters. The third kappa shape index (κ3) is 2.99. The minimum Gasteiger partial charge on any atom is -0.363 e. The maximum Gasteiger partial charge on any atom is 0.137 e. The minimum absolute atomic E-state index is 0.631. The summed E-state index contributed by atoms with van der Waals surface area (Å²) in [6.07, 6.45) is 6.57. The van der Waals surface area contributed by atoms with Crippen LogP contribution < -0.4 is 5.32 Å². The number of fused-ring (bicyclic) bond motifs is 2. The van der Waals surface area contributed by atoms with Crippen LogP contribution in [-0.2, 0) is 20.0 Å². The number of nitrogens with one attached hydrogen (secondary N) is 2. The van der Waals surface area contributed by atoms with Crippen molar-refractivity contribution in [1.29, 1.82) is 0 Å². The number of hydrogen-bond donors (Lipinski definition) is 2. The van der Waals surface area contributed by atoms with Gasteiger partial charge in [-0.25, -0.2) is 15.0 Å². The summed E-state index contributed by atoms with van der Waals surface area (Å²) in [6.45, 7) is 0.631. The molecule has 0 bridgehead atoms. The van der Waals surface area contributed by atoms with E-state index in [0.29, 0.717) is 6.54 Å². The number of rotatable bonds is 5. The molecule has 28 heavy (non-hydrogen) atoms. The summed E-state index contributed by atoms with van der Waals surface area (Å²) in [6, 6.07) is 16.3. The van der Waals surface area contributed by atoms with Gasteiger partial charge in [-0.1, -0.05) is 18.2 Å². The van der Waals surface area contributed by atoms with Gasteiger partial charge in [-0.2, -0.15) is 0 Å². The van der Waals surface area contributed by atoms with Crippen LogP contribution in [0, 0.1) is 0 Å². The molecule has 0 fully saturated rings. The molecule has 4 aromatic heterocycles. The average Bonchev–Trinajstić information content (AvgIpc) is 3.29. The zero-order valence-electron chi connectivity index (χ0n) is 15.6. The molecule has 6 nitrogen and oxygen atoms in total. The number of aromatic nitrogens is 5. The molecule has 6 heteroatoms. The molecular weight excluding hydrogens is 348 g/mol. The number of benzene rings is 1. The Bertz CT molecular complexity index is 1250. The molecule has 4 heterocycles. The third-order valence-electron chi connectivity index (χ3n) is 5.06. The molecule has 1 aromatic carbocycles. The predicted molar refractivity (Wildman–Crippen MR) is 111 cm³/mol. The van der Waals surface area contributed by atoms with Gasteiger partial charge in [0.25, 0.3) is 0 Å². The van der Waals surface area contributed by atoms with E-state index in [1.165, 1.54) is 5.56 Å². The van der Waals surface area contributed by atoms with Gasteiger partial charge in [0.05, 0.1) is 17.6 Å². The van der Waals surface area contributed by atoms with E-state index in [1.807, 2.05) is 49.8 Å². The molecule has 0 aliphatic rings. The van der Waals surface area contributed by atoms with Crippen LogP contribution in [-0.4, -0.2) is 24.5 Å². The van der Waals surface area contributed by atoms with E-state index in [4.69, 9.17) is 0 Å². The maximum atomic E-state index is 4.69. The first-order valence-corrected chi connectivity index (χ1v) is 9.28. The molecule has 0 unspecified atom stereocenters. The van der Waals surface area contributed by atoms with Crippen molar-refractivity contribution in [1.82, 2.24) is 24.5 Å². The Hall–Kier alpha value is -3.67. The number of aryl methyl sites for hydroxylation is 1. The molecular formula is C22H20N6. The van der Waals surface area contributed by atoms with Crippen LogP contribution in [0.4, 0.5) is 5.82 Å². The number of pyridine rings is 2. The van der Waals surface area contributed by atoms with Crippen LogP contribution in [0.5, 0.6) is 0 Å². The topological polar surface area (TPSA) is 71.4 Å². The number of anilines is 1. The first kappa shape index (κ1) is 16.5. The number of aromatic amines is 1. The van der Waals surface area contributed by atoms with Crippen molar-refractivity contribution in [3.63, 3.8) is 0 Å². The van der Waals surface area contributed by atoms with E-state index in [1.54, 1.807) is 6.20 Å². The molecule has 5 rings (SSSR count). The van der Waals surface area contributed by atoms with E-state index < -0.39 is 0 Å². The van der Waals surface area contributed by atoms with Gasteiger partial charge in [0.1, 0.15) is 17.3 Å². The van der Waals surface area contributed by atoms with Gasteiger partial charge < -0.3 is 14.9 Å². The maximum absolute atomic E-state index is 4.69. The van der Waals surface area contributed by atoms with Crippen molar-refractivity contribution in [3.05, 3.63) is 84.1 Å². The fourth-order valence-electron chi connectivity index (χ4n) is 3.54. The molecule has 0 saturated heterocycles. The highest BCUT2D eigenvalue weighted by Gasteiger charge is 2.08. The van der Waals surface area contributed by atoms with E-state index in [2.05, 4.69) is 48.0 Å². The Morgan fingerprint density at radius 3 is 2.82 bits per heavy atom. The fourth-order valence-corrected chi connectivity index (χ4v) is 3.54. The highest BCUT2D eigenvalue weighted by atomic mass is 15.1. The number of hydrogen-bond acceptors (Lipinski definition) is 4. The number of nitrogens with zero attached hydrogens (tertiary/aromatic N) is 4. The standard InChI is InChI=1S/C22H20N6/c1-28-19-7-3-2-6-18(19)27-21(28)14-25-20-9-8-15(12-24-20)11-16-13-26-22-17(16)5-4-10-23-22/h2-10,12-13H,11,14H2,1H3,(H,23,26)(H,24,25). The molecule has 0 aliphatic carbocycles. The summed E-state index contributed by atoms with van der Waals surface area (Å²) >= 11 is 0. The molecule has 5 aromatic rings. The molecule has 0 aliphatic heterocycles. The van der Waals surface area contributed by atoms with Crippen molar-refractivity contribution in [2.45, 2.75) is 13.0 Å². The van der Waals surface area contributed by atoms with Crippen molar-refractivity contribution < 1.29 is 0 Å². The van der Waals surface area contributed by atoms with E-state index >= 15 is 0 Å². The van der Waals surface area contributed by atoms with Gasteiger partial charge in [-0.15, -0.1) is 0 Å². The van der Waals surface area contributed by atoms with Crippen molar-refractivity contribution in [2.75, 3.05) is 5.32 Å². The zero-order chi connectivity index (χ0) is 18.9. The van der Waals surface area contributed by atoms with Gasteiger partial charge in [0.2, 0.25) is 0 Å². The number of imidazole rings is 1. The zero-order valence-corrected chi connectivity index (χ0v) is 15.6. The molecule has 2 N–H and O–H groups in total. The number of para-hydroxylation sites is 2. The van der Waals surface area contributed by atoms with Crippen LogP contribution in [0.25, 0.3) is 22.1 Å². The van der Waals surface area contributed by atoms with Gasteiger partial charge in [0, 0.05) is 37.4 Å². The minimum atomic E-state index is 0.631. The van der Waals surface area contributed by atoms with Crippen LogP contribution >= 0.6 is 0 Å². The van der Waals surface area contributed by atoms with Gasteiger partial charge in [-0.3, -0.25) is 0 Å². The quantitative estimate of drug-likeness (QED) is 0.491. The van der Waals surface area contributed by atoms with Gasteiger partial charge in [-0.05, 0) is 41.5 Å². The molecule has 138 valence electrons. The van der Waals surface area contributed by atoms with Crippen molar-refractivity contribution >= 4 is 27.9 Å². The molecule has 0 amide bonds. The third-order valence-corrected chi connectivity index (χ3v) is 5.06. The highest BCUT2D eigenvalue weighted by molar-refractivity contribution is 5.79. The van der Waals surface area contributed by atoms with Crippen LogP contribution in [0.2, 0.25) is 0 Å².